The number of carbonyl (C=O) groups is 2. The van der Waals surface area contributed by atoms with Crippen LogP contribution in [-0.2, 0) is 31.9 Å². The zero-order valence-corrected chi connectivity index (χ0v) is 16.4. The van der Waals surface area contributed by atoms with E-state index in [1.54, 1.807) is 13.8 Å². The van der Waals surface area contributed by atoms with Crippen LogP contribution in [-0.4, -0.2) is 25.2 Å². The molecule has 0 N–H and O–H groups in total. The fourth-order valence-electron chi connectivity index (χ4n) is 2.58. The first-order valence-corrected chi connectivity index (χ1v) is 8.96. The predicted octanol–water partition coefficient (Wildman–Crippen LogP) is 4.41. The van der Waals surface area contributed by atoms with Gasteiger partial charge in [-0.1, -0.05) is 25.3 Å². The van der Waals surface area contributed by atoms with E-state index in [1.165, 1.54) is 22.3 Å². The molecule has 0 saturated carbocycles. The molecule has 4 nitrogen and oxygen atoms in total. The van der Waals surface area contributed by atoms with Gasteiger partial charge in [-0.25, -0.2) is 9.59 Å². The molecule has 1 aromatic rings. The molecule has 1 aromatic carbocycles. The quantitative estimate of drug-likeness (QED) is 0.353. The molecular weight excluding hydrogens is 328 g/mol. The largest absolute Gasteiger partial charge is 0.462 e. The Morgan fingerprint density at radius 1 is 0.808 bits per heavy atom. The highest BCUT2D eigenvalue weighted by Gasteiger charge is 2.08. The minimum atomic E-state index is -0.333. The Morgan fingerprint density at radius 3 is 1.46 bits per heavy atom. The summed E-state index contributed by atoms with van der Waals surface area (Å²) < 4.78 is 10.3. The van der Waals surface area contributed by atoms with Crippen molar-refractivity contribution in [3.63, 3.8) is 0 Å². The topological polar surface area (TPSA) is 52.6 Å². The van der Waals surface area contributed by atoms with E-state index < -0.39 is 0 Å². The monoisotopic (exact) mass is 358 g/mol. The molecule has 0 atom stereocenters. The molecule has 0 radical (unpaired) electrons. The molecule has 142 valence electrons. The number of aryl methyl sites for hydroxylation is 4. The van der Waals surface area contributed by atoms with Crippen molar-refractivity contribution in [1.82, 2.24) is 0 Å². The first kappa shape index (κ1) is 21.7. The van der Waals surface area contributed by atoms with Crippen molar-refractivity contribution in [2.24, 2.45) is 0 Å². The van der Waals surface area contributed by atoms with Gasteiger partial charge in [-0.15, -0.1) is 0 Å². The van der Waals surface area contributed by atoms with Gasteiger partial charge in [-0.05, 0) is 75.6 Å². The molecule has 0 aliphatic carbocycles. The average molecular weight is 358 g/mol. The highest BCUT2D eigenvalue weighted by molar-refractivity contribution is 5.87. The third-order valence-corrected chi connectivity index (χ3v) is 4.14. The van der Waals surface area contributed by atoms with Crippen LogP contribution in [0, 0.1) is 13.8 Å². The number of carbonyl (C=O) groups excluding carboxylic acids is 2. The lowest BCUT2D eigenvalue weighted by atomic mass is 9.95. The van der Waals surface area contributed by atoms with Crippen molar-refractivity contribution >= 4 is 11.9 Å². The fraction of sp³-hybridized carbons (Fsp3) is 0.455. The molecular formula is C22H30O4. The number of rotatable bonds is 10. The van der Waals surface area contributed by atoms with Crippen LogP contribution >= 0.6 is 0 Å². The van der Waals surface area contributed by atoms with Crippen LogP contribution in [0.4, 0.5) is 0 Å². The second-order valence-electron chi connectivity index (χ2n) is 6.74. The maximum absolute atomic E-state index is 11.4. The molecule has 0 aromatic heterocycles. The minimum Gasteiger partial charge on any atom is -0.462 e. The average Bonchev–Trinajstić information content (AvgIpc) is 2.58. The summed E-state index contributed by atoms with van der Waals surface area (Å²) in [6.07, 6.45) is 3.31. The van der Waals surface area contributed by atoms with Crippen molar-refractivity contribution in [2.45, 2.75) is 53.4 Å². The van der Waals surface area contributed by atoms with Gasteiger partial charge in [0.05, 0.1) is 13.2 Å². The molecule has 26 heavy (non-hydrogen) atoms. The fourth-order valence-corrected chi connectivity index (χ4v) is 2.58. The van der Waals surface area contributed by atoms with E-state index in [0.29, 0.717) is 24.4 Å². The molecule has 0 fully saturated rings. The Morgan fingerprint density at radius 2 is 1.15 bits per heavy atom. The lowest BCUT2D eigenvalue weighted by Gasteiger charge is -2.13. The summed E-state index contributed by atoms with van der Waals surface area (Å²) >= 11 is 0. The Kier molecular flexibility index (Phi) is 8.83. The molecule has 0 spiro atoms. The van der Waals surface area contributed by atoms with E-state index in [-0.39, 0.29) is 11.9 Å². The number of benzene rings is 1. The molecule has 1 rings (SSSR count). The third-order valence-electron chi connectivity index (χ3n) is 4.14. The van der Waals surface area contributed by atoms with Crippen molar-refractivity contribution < 1.29 is 19.1 Å². The summed E-state index contributed by atoms with van der Waals surface area (Å²) in [5, 5.41) is 0. The van der Waals surface area contributed by atoms with Gasteiger partial charge in [0, 0.05) is 11.1 Å². The standard InChI is InChI=1S/C22H30O4/c1-15(2)21(23)25-11-7-9-19-13-18(6)20(14-17(19)5)10-8-12-26-22(24)16(3)4/h13-14H,1,3,7-12H2,2,4-6H3. The van der Waals surface area contributed by atoms with E-state index in [0.717, 1.165) is 25.7 Å². The molecule has 0 aliphatic rings. The van der Waals surface area contributed by atoms with Gasteiger partial charge in [-0.3, -0.25) is 0 Å². The first-order chi connectivity index (χ1) is 12.2. The van der Waals surface area contributed by atoms with E-state index >= 15 is 0 Å². The maximum atomic E-state index is 11.4. The summed E-state index contributed by atoms with van der Waals surface area (Å²) in [5.74, 6) is -0.666. The van der Waals surface area contributed by atoms with Gasteiger partial charge in [-0.2, -0.15) is 0 Å². The minimum absolute atomic E-state index is 0.333. The Bertz CT molecular complexity index is 626. The molecule has 0 unspecified atom stereocenters. The number of ether oxygens (including phenoxy) is 2. The van der Waals surface area contributed by atoms with Crippen LogP contribution in [0.15, 0.2) is 36.4 Å². The highest BCUT2D eigenvalue weighted by Crippen LogP contribution is 2.19. The van der Waals surface area contributed by atoms with Gasteiger partial charge in [0.1, 0.15) is 0 Å². The lowest BCUT2D eigenvalue weighted by molar-refractivity contribution is -0.139. The molecule has 0 amide bonds. The number of hydrogen-bond donors (Lipinski definition) is 0. The van der Waals surface area contributed by atoms with E-state index in [1.807, 2.05) is 0 Å². The van der Waals surface area contributed by atoms with Gasteiger partial charge < -0.3 is 9.47 Å². The smallest absolute Gasteiger partial charge is 0.333 e. The maximum Gasteiger partial charge on any atom is 0.333 e. The van der Waals surface area contributed by atoms with Crippen molar-refractivity contribution in [1.29, 1.82) is 0 Å². The Balaban J connectivity index is 2.49. The van der Waals surface area contributed by atoms with Crippen LogP contribution in [0.2, 0.25) is 0 Å². The molecule has 0 saturated heterocycles. The SMILES string of the molecule is C=C(C)C(=O)OCCCc1cc(C)c(CCCOC(=O)C(=C)C)cc1C. The second kappa shape index (κ2) is 10.6. The third kappa shape index (κ3) is 7.26. The summed E-state index contributed by atoms with van der Waals surface area (Å²) in [7, 11) is 0. The van der Waals surface area contributed by atoms with Crippen LogP contribution in [0.1, 0.15) is 48.9 Å². The van der Waals surface area contributed by atoms with E-state index in [9.17, 15) is 9.59 Å². The normalized spacial score (nSPS) is 10.3. The summed E-state index contributed by atoms with van der Waals surface area (Å²) in [5.41, 5.74) is 5.86. The molecule has 0 heterocycles. The van der Waals surface area contributed by atoms with Crippen molar-refractivity contribution in [3.8, 4) is 0 Å². The number of esters is 2. The van der Waals surface area contributed by atoms with Crippen LogP contribution in [0.25, 0.3) is 0 Å². The lowest BCUT2D eigenvalue weighted by Crippen LogP contribution is -2.08. The van der Waals surface area contributed by atoms with E-state index in [2.05, 4.69) is 39.1 Å². The van der Waals surface area contributed by atoms with Gasteiger partial charge in [0.2, 0.25) is 0 Å². The van der Waals surface area contributed by atoms with Gasteiger partial charge in [0.15, 0.2) is 0 Å². The van der Waals surface area contributed by atoms with Crippen LogP contribution < -0.4 is 0 Å². The zero-order valence-electron chi connectivity index (χ0n) is 16.4. The Labute approximate surface area is 156 Å². The van der Waals surface area contributed by atoms with Crippen molar-refractivity contribution in [3.05, 3.63) is 58.7 Å². The van der Waals surface area contributed by atoms with Gasteiger partial charge >= 0.3 is 11.9 Å². The summed E-state index contributed by atoms with van der Waals surface area (Å²) in [6, 6.07) is 4.40. The molecule has 0 aliphatic heterocycles. The zero-order chi connectivity index (χ0) is 19.7. The molecule has 0 bridgehead atoms. The van der Waals surface area contributed by atoms with Crippen LogP contribution in [0.3, 0.4) is 0 Å². The summed E-state index contributed by atoms with van der Waals surface area (Å²) in [4.78, 5) is 22.7. The summed E-state index contributed by atoms with van der Waals surface area (Å²) in [6.45, 7) is 15.4. The predicted molar refractivity (Wildman–Crippen MR) is 104 cm³/mol. The van der Waals surface area contributed by atoms with Crippen LogP contribution in [0.5, 0.6) is 0 Å². The van der Waals surface area contributed by atoms with Crippen molar-refractivity contribution in [2.75, 3.05) is 13.2 Å². The second-order valence-corrected chi connectivity index (χ2v) is 6.74. The van der Waals surface area contributed by atoms with Gasteiger partial charge in [0.25, 0.3) is 0 Å². The van der Waals surface area contributed by atoms with E-state index in [4.69, 9.17) is 9.47 Å². The number of hydrogen-bond acceptors (Lipinski definition) is 4. The highest BCUT2D eigenvalue weighted by atomic mass is 16.5. The molecule has 4 heteroatoms. The first-order valence-electron chi connectivity index (χ1n) is 8.96. The Hall–Kier alpha value is -2.36.